The van der Waals surface area contributed by atoms with Crippen molar-refractivity contribution in [2.45, 2.75) is 95.9 Å². The molecule has 0 atom stereocenters. The zero-order chi connectivity index (χ0) is 14.9. The monoisotopic (exact) mass is 358 g/mol. The molecule has 0 heterocycles. The van der Waals surface area contributed by atoms with Crippen LogP contribution in [0.25, 0.3) is 0 Å². The number of halogens is 3. The Morgan fingerprint density at radius 1 is 0.450 bits per heavy atom. The van der Waals surface area contributed by atoms with E-state index in [9.17, 15) is 0 Å². The lowest BCUT2D eigenvalue weighted by Gasteiger charge is -2.03. The third-order valence-corrected chi connectivity index (χ3v) is 6.23. The summed E-state index contributed by atoms with van der Waals surface area (Å²) >= 11 is 17.3. The molecule has 0 aliphatic heterocycles. The Bertz CT molecular complexity index is 177. The molecule has 0 fully saturated rings. The minimum absolute atomic E-state index is 0.834. The van der Waals surface area contributed by atoms with Crippen molar-refractivity contribution in [2.75, 3.05) is 5.88 Å². The molecule has 0 aromatic rings. The summed E-state index contributed by atoms with van der Waals surface area (Å²) in [6, 6.07) is 1.09. The summed E-state index contributed by atoms with van der Waals surface area (Å²) in [6.07, 6.45) is 19.2. The highest BCUT2D eigenvalue weighted by Crippen LogP contribution is 2.15. The van der Waals surface area contributed by atoms with Gasteiger partial charge in [-0.25, -0.2) is 0 Å². The van der Waals surface area contributed by atoms with E-state index in [0.29, 0.717) is 0 Å². The van der Waals surface area contributed by atoms with E-state index < -0.39 is 7.42 Å². The van der Waals surface area contributed by atoms with Crippen LogP contribution in [-0.4, -0.2) is 13.3 Å². The van der Waals surface area contributed by atoms with Gasteiger partial charge in [-0.05, 0) is 12.5 Å². The fraction of sp³-hybridized carbons (Fsp3) is 1.00. The summed E-state index contributed by atoms with van der Waals surface area (Å²) in [6.45, 7) is 0. The molecule has 0 aromatic carbocycles. The number of alkyl halides is 1. The van der Waals surface area contributed by atoms with Crippen molar-refractivity contribution in [3.8, 4) is 0 Å². The first-order valence-electron chi connectivity index (χ1n) is 8.61. The molecule has 0 N–H and O–H groups in total. The van der Waals surface area contributed by atoms with E-state index in [1.165, 1.54) is 89.9 Å². The van der Waals surface area contributed by atoms with Gasteiger partial charge in [0.1, 0.15) is 0 Å². The molecule has 0 saturated carbocycles. The first kappa shape index (κ1) is 21.1. The molecule has 0 amide bonds. The number of hydrogen-bond donors (Lipinski definition) is 0. The molecule has 122 valence electrons. The van der Waals surface area contributed by atoms with Gasteiger partial charge >= 0.3 is 0 Å². The highest BCUT2D eigenvalue weighted by atomic mass is 35.7. The van der Waals surface area contributed by atoms with Crippen LogP contribution in [0.15, 0.2) is 0 Å². The van der Waals surface area contributed by atoms with Crippen LogP contribution in [-0.2, 0) is 0 Å². The third-order valence-electron chi connectivity index (χ3n) is 3.81. The SMILES string of the molecule is ClCCCCCCCCCCCCCCCC[SiH](Cl)Cl. The first-order valence-corrected chi connectivity index (χ1v) is 13.5. The van der Waals surface area contributed by atoms with Gasteiger partial charge in [-0.2, -0.15) is 22.2 Å². The predicted molar refractivity (Wildman–Crippen MR) is 99.0 cm³/mol. The maximum Gasteiger partial charge on any atom is 0.237 e. The summed E-state index contributed by atoms with van der Waals surface area (Å²) in [7, 11) is -1.32. The summed E-state index contributed by atoms with van der Waals surface area (Å²) in [5.74, 6) is 0.834. The lowest BCUT2D eigenvalue weighted by atomic mass is 10.0. The van der Waals surface area contributed by atoms with Gasteiger partial charge in [-0.15, -0.1) is 11.6 Å². The van der Waals surface area contributed by atoms with Crippen LogP contribution < -0.4 is 0 Å². The summed E-state index contributed by atoms with van der Waals surface area (Å²) in [5.41, 5.74) is 0. The number of unbranched alkanes of at least 4 members (excludes halogenated alkanes) is 13. The highest BCUT2D eigenvalue weighted by Gasteiger charge is 2.00. The second kappa shape index (κ2) is 18.1. The molecule has 0 radical (unpaired) electrons. The van der Waals surface area contributed by atoms with E-state index in [4.69, 9.17) is 33.8 Å². The lowest BCUT2D eigenvalue weighted by molar-refractivity contribution is 0.538. The Hall–Kier alpha value is 1.09. The van der Waals surface area contributed by atoms with Crippen LogP contribution in [0.5, 0.6) is 0 Å². The molecule has 0 bridgehead atoms. The zero-order valence-corrected chi connectivity index (χ0v) is 16.4. The standard InChI is InChI=1S/C16H33Cl3Si/c17-15-13-11-9-7-5-3-1-2-4-6-8-10-12-14-16-20(18)19/h20H,1-16H2. The van der Waals surface area contributed by atoms with Crippen molar-refractivity contribution < 1.29 is 0 Å². The molecule has 0 saturated heterocycles. The van der Waals surface area contributed by atoms with Crippen LogP contribution in [0.1, 0.15) is 89.9 Å². The van der Waals surface area contributed by atoms with E-state index in [-0.39, 0.29) is 0 Å². The number of rotatable bonds is 16. The van der Waals surface area contributed by atoms with Crippen molar-refractivity contribution in [3.05, 3.63) is 0 Å². The molecule has 0 aliphatic rings. The predicted octanol–water partition coefficient (Wildman–Crippen LogP) is 7.38. The largest absolute Gasteiger partial charge is 0.237 e. The van der Waals surface area contributed by atoms with Crippen molar-refractivity contribution in [3.63, 3.8) is 0 Å². The van der Waals surface area contributed by atoms with Crippen molar-refractivity contribution >= 4 is 41.2 Å². The highest BCUT2D eigenvalue weighted by molar-refractivity contribution is 7.33. The van der Waals surface area contributed by atoms with E-state index in [2.05, 4.69) is 0 Å². The van der Waals surface area contributed by atoms with Crippen LogP contribution in [0.2, 0.25) is 6.04 Å². The van der Waals surface area contributed by atoms with Gasteiger partial charge in [0.15, 0.2) is 0 Å². The van der Waals surface area contributed by atoms with E-state index in [0.717, 1.165) is 11.9 Å². The van der Waals surface area contributed by atoms with Gasteiger partial charge < -0.3 is 0 Å². The molecule has 0 aliphatic carbocycles. The van der Waals surface area contributed by atoms with E-state index in [1.54, 1.807) is 0 Å². The topological polar surface area (TPSA) is 0 Å². The lowest BCUT2D eigenvalue weighted by Crippen LogP contribution is -1.91. The second-order valence-electron chi connectivity index (χ2n) is 5.82. The molecule has 20 heavy (non-hydrogen) atoms. The fourth-order valence-corrected chi connectivity index (χ4v) is 4.23. The van der Waals surface area contributed by atoms with E-state index in [1.807, 2.05) is 0 Å². The van der Waals surface area contributed by atoms with Gasteiger partial charge in [0, 0.05) is 5.88 Å². The third kappa shape index (κ3) is 19.1. The molecule has 0 rings (SSSR count). The van der Waals surface area contributed by atoms with Crippen molar-refractivity contribution in [1.29, 1.82) is 0 Å². The summed E-state index contributed by atoms with van der Waals surface area (Å²) in [5, 5.41) is 0. The van der Waals surface area contributed by atoms with Crippen molar-refractivity contribution in [1.82, 2.24) is 0 Å². The van der Waals surface area contributed by atoms with Gasteiger partial charge in [0.25, 0.3) is 0 Å². The molecule has 0 aromatic heterocycles. The Balaban J connectivity index is 2.92. The second-order valence-corrected chi connectivity index (χ2v) is 11.4. The van der Waals surface area contributed by atoms with Crippen LogP contribution in [0.3, 0.4) is 0 Å². The molecular formula is C16H33Cl3Si. The first-order chi connectivity index (χ1) is 9.77. The normalized spacial score (nSPS) is 11.4. The van der Waals surface area contributed by atoms with Gasteiger partial charge in [-0.1, -0.05) is 83.5 Å². The average molecular weight is 360 g/mol. The van der Waals surface area contributed by atoms with Crippen LogP contribution in [0.4, 0.5) is 0 Å². The van der Waals surface area contributed by atoms with Gasteiger partial charge in [0.05, 0.1) is 0 Å². The van der Waals surface area contributed by atoms with Crippen molar-refractivity contribution in [2.24, 2.45) is 0 Å². The molecule has 0 unspecified atom stereocenters. The van der Waals surface area contributed by atoms with Gasteiger partial charge in [0.2, 0.25) is 7.42 Å². The number of hydrogen-bond acceptors (Lipinski definition) is 0. The molecule has 4 heteroatoms. The maximum absolute atomic E-state index is 5.83. The molecular weight excluding hydrogens is 327 g/mol. The minimum Gasteiger partial charge on any atom is -0.150 e. The van der Waals surface area contributed by atoms with Crippen LogP contribution >= 0.6 is 33.8 Å². The maximum atomic E-state index is 5.83. The van der Waals surface area contributed by atoms with Crippen LogP contribution in [0, 0.1) is 0 Å². The molecule has 0 spiro atoms. The quantitative estimate of drug-likeness (QED) is 0.117. The molecule has 0 nitrogen and oxygen atoms in total. The minimum atomic E-state index is -1.32. The van der Waals surface area contributed by atoms with Gasteiger partial charge in [-0.3, -0.25) is 0 Å². The summed E-state index contributed by atoms with van der Waals surface area (Å²) in [4.78, 5) is 0. The van der Waals surface area contributed by atoms with E-state index >= 15 is 0 Å². The Morgan fingerprint density at radius 2 is 0.750 bits per heavy atom. The Kier molecular flexibility index (Phi) is 19.1. The fourth-order valence-electron chi connectivity index (χ4n) is 2.51. The summed E-state index contributed by atoms with van der Waals surface area (Å²) < 4.78 is 0. The Morgan fingerprint density at radius 3 is 1.05 bits per heavy atom. The smallest absolute Gasteiger partial charge is 0.150 e. The zero-order valence-electron chi connectivity index (χ0n) is 13.0. The average Bonchev–Trinajstić information content (AvgIpc) is 2.43. The Labute approximate surface area is 143 Å².